The number of thioether (sulfide) groups is 1. The minimum absolute atomic E-state index is 0.0223. The van der Waals surface area contributed by atoms with E-state index in [4.69, 9.17) is 9.73 Å². The van der Waals surface area contributed by atoms with E-state index in [1.807, 2.05) is 54.6 Å². The van der Waals surface area contributed by atoms with Crippen molar-refractivity contribution in [1.29, 1.82) is 0 Å². The van der Waals surface area contributed by atoms with Crippen LogP contribution in [0.4, 0.5) is 11.4 Å². The largest absolute Gasteiger partial charge is 0.497 e. The van der Waals surface area contributed by atoms with Gasteiger partial charge in [0.2, 0.25) is 0 Å². The number of benzene rings is 2. The summed E-state index contributed by atoms with van der Waals surface area (Å²) in [5.41, 5.74) is 1.65. The molecule has 2 aliphatic rings. The molecule has 0 aromatic heterocycles. The third-order valence-corrected chi connectivity index (χ3v) is 6.14. The van der Waals surface area contributed by atoms with Crippen LogP contribution in [-0.2, 0) is 4.79 Å². The Labute approximate surface area is 170 Å². The molecule has 4 nitrogen and oxygen atoms in total. The number of hydrogen-bond donors (Lipinski definition) is 0. The molecule has 1 saturated carbocycles. The van der Waals surface area contributed by atoms with E-state index in [0.717, 1.165) is 22.0 Å². The lowest BCUT2D eigenvalue weighted by Crippen LogP contribution is -2.28. The number of amides is 1. The zero-order chi connectivity index (χ0) is 19.3. The normalized spacial score (nSPS) is 20.9. The third-order valence-electron chi connectivity index (χ3n) is 5.15. The Hall–Kier alpha value is -2.53. The fourth-order valence-electron chi connectivity index (χ4n) is 3.65. The molecule has 2 aromatic carbocycles. The Bertz CT molecular complexity index is 885. The van der Waals surface area contributed by atoms with Gasteiger partial charge < -0.3 is 4.74 Å². The van der Waals surface area contributed by atoms with Gasteiger partial charge in [-0.3, -0.25) is 9.69 Å². The molecule has 0 radical (unpaired) electrons. The van der Waals surface area contributed by atoms with Crippen molar-refractivity contribution in [1.82, 2.24) is 0 Å². The minimum atomic E-state index is 0.0223. The van der Waals surface area contributed by atoms with Gasteiger partial charge in [-0.25, -0.2) is 4.99 Å². The molecule has 1 amide bonds. The van der Waals surface area contributed by atoms with E-state index in [-0.39, 0.29) is 5.91 Å². The highest BCUT2D eigenvalue weighted by molar-refractivity contribution is 8.19. The first-order valence-corrected chi connectivity index (χ1v) is 10.6. The van der Waals surface area contributed by atoms with Gasteiger partial charge in [-0.05, 0) is 66.9 Å². The van der Waals surface area contributed by atoms with Gasteiger partial charge in [0.15, 0.2) is 5.17 Å². The van der Waals surface area contributed by atoms with Gasteiger partial charge in [0, 0.05) is 0 Å². The Morgan fingerprint density at radius 3 is 2.43 bits per heavy atom. The van der Waals surface area contributed by atoms with E-state index in [2.05, 4.69) is 6.08 Å². The summed E-state index contributed by atoms with van der Waals surface area (Å²) in [5.74, 6) is 1.31. The van der Waals surface area contributed by atoms with Crippen LogP contribution in [0.15, 0.2) is 70.6 Å². The number of nitrogens with zero attached hydrogens (tertiary/aromatic N) is 2. The predicted octanol–water partition coefficient (Wildman–Crippen LogP) is 5.93. The highest BCUT2D eigenvalue weighted by atomic mass is 32.2. The molecule has 0 unspecified atom stereocenters. The summed E-state index contributed by atoms with van der Waals surface area (Å²) in [6.07, 6.45) is 8.34. The van der Waals surface area contributed by atoms with Crippen LogP contribution in [0.3, 0.4) is 0 Å². The lowest BCUT2D eigenvalue weighted by molar-refractivity contribution is -0.113. The van der Waals surface area contributed by atoms with Gasteiger partial charge in [0.05, 0.1) is 23.4 Å². The molecule has 0 N–H and O–H groups in total. The van der Waals surface area contributed by atoms with Crippen molar-refractivity contribution in [2.45, 2.75) is 32.1 Å². The van der Waals surface area contributed by atoms with Crippen molar-refractivity contribution in [3.8, 4) is 5.75 Å². The van der Waals surface area contributed by atoms with Crippen molar-refractivity contribution in [3.05, 3.63) is 65.6 Å². The van der Waals surface area contributed by atoms with Gasteiger partial charge in [-0.15, -0.1) is 0 Å². The van der Waals surface area contributed by atoms with Crippen LogP contribution in [0.1, 0.15) is 32.1 Å². The fourth-order valence-corrected chi connectivity index (χ4v) is 4.72. The average molecular weight is 393 g/mol. The van der Waals surface area contributed by atoms with Crippen LogP contribution in [0, 0.1) is 5.92 Å². The number of aliphatic imine (C=N–C) groups is 1. The summed E-state index contributed by atoms with van der Waals surface area (Å²) in [6, 6.07) is 17.3. The van der Waals surface area contributed by atoms with Crippen molar-refractivity contribution < 1.29 is 9.53 Å². The average Bonchev–Trinajstić information content (AvgIpc) is 3.04. The number of para-hydroxylation sites is 1. The highest BCUT2D eigenvalue weighted by Crippen LogP contribution is 2.38. The number of carbonyl (C=O) groups excluding carboxylic acids is 1. The monoisotopic (exact) mass is 392 g/mol. The van der Waals surface area contributed by atoms with E-state index in [0.29, 0.717) is 11.1 Å². The smallest absolute Gasteiger partial charge is 0.271 e. The zero-order valence-corrected chi connectivity index (χ0v) is 16.8. The first-order valence-electron chi connectivity index (χ1n) is 9.76. The van der Waals surface area contributed by atoms with Crippen LogP contribution in [-0.4, -0.2) is 18.2 Å². The van der Waals surface area contributed by atoms with E-state index < -0.39 is 0 Å². The summed E-state index contributed by atoms with van der Waals surface area (Å²) in [4.78, 5) is 20.5. The lowest BCUT2D eigenvalue weighted by atomic mass is 9.89. The highest BCUT2D eigenvalue weighted by Gasteiger charge is 2.35. The topological polar surface area (TPSA) is 41.9 Å². The van der Waals surface area contributed by atoms with Crippen LogP contribution < -0.4 is 9.64 Å². The van der Waals surface area contributed by atoms with E-state index in [9.17, 15) is 4.79 Å². The lowest BCUT2D eigenvalue weighted by Gasteiger charge is -2.18. The SMILES string of the molecule is COc1ccc(N=C2S/C(=C\C3CCCCC3)C(=O)N2c2ccccc2)cc1. The molecule has 0 bridgehead atoms. The molecule has 5 heteroatoms. The summed E-state index contributed by atoms with van der Waals surface area (Å²) in [5, 5.41) is 0.698. The first kappa shape index (κ1) is 18.8. The Balaban J connectivity index is 1.68. The number of amidine groups is 1. The van der Waals surface area contributed by atoms with E-state index in [1.165, 1.54) is 43.9 Å². The van der Waals surface area contributed by atoms with Crippen LogP contribution in [0.2, 0.25) is 0 Å². The van der Waals surface area contributed by atoms with Crippen molar-refractivity contribution in [2.24, 2.45) is 10.9 Å². The van der Waals surface area contributed by atoms with E-state index in [1.54, 1.807) is 12.0 Å². The van der Waals surface area contributed by atoms with Crippen LogP contribution in [0.25, 0.3) is 0 Å². The molecular formula is C23H24N2O2S. The molecular weight excluding hydrogens is 368 g/mol. The minimum Gasteiger partial charge on any atom is -0.497 e. The van der Waals surface area contributed by atoms with Crippen molar-refractivity contribution in [3.63, 3.8) is 0 Å². The first-order chi connectivity index (χ1) is 13.7. The molecule has 0 atom stereocenters. The molecule has 144 valence electrons. The van der Waals surface area contributed by atoms with Gasteiger partial charge in [-0.2, -0.15) is 0 Å². The molecule has 0 spiro atoms. The number of methoxy groups -OCH3 is 1. The Morgan fingerprint density at radius 2 is 1.75 bits per heavy atom. The number of anilines is 1. The van der Waals surface area contributed by atoms with Crippen LogP contribution in [0.5, 0.6) is 5.75 Å². The molecule has 4 rings (SSSR count). The predicted molar refractivity (Wildman–Crippen MR) is 116 cm³/mol. The number of hydrogen-bond acceptors (Lipinski definition) is 4. The molecule has 2 fully saturated rings. The molecule has 1 saturated heterocycles. The second kappa shape index (κ2) is 8.65. The maximum atomic E-state index is 13.2. The van der Waals surface area contributed by atoms with Crippen molar-refractivity contribution in [2.75, 3.05) is 12.0 Å². The number of allylic oxidation sites excluding steroid dienone is 1. The van der Waals surface area contributed by atoms with E-state index >= 15 is 0 Å². The summed E-state index contributed by atoms with van der Waals surface area (Å²) in [6.45, 7) is 0. The standard InChI is InChI=1S/C23H24N2O2S/c1-27-20-14-12-18(13-15-20)24-23-25(19-10-6-3-7-11-19)22(26)21(28-23)16-17-8-4-2-5-9-17/h3,6-7,10-17H,2,4-5,8-9H2,1H3/b21-16-,24-23?. The molecule has 1 heterocycles. The summed E-state index contributed by atoms with van der Waals surface area (Å²) in [7, 11) is 1.64. The molecule has 1 aliphatic carbocycles. The Kier molecular flexibility index (Phi) is 5.81. The molecule has 1 aliphatic heterocycles. The van der Waals surface area contributed by atoms with Crippen molar-refractivity contribution >= 4 is 34.2 Å². The second-order valence-electron chi connectivity index (χ2n) is 7.10. The number of carbonyl (C=O) groups is 1. The Morgan fingerprint density at radius 1 is 1.04 bits per heavy atom. The molecule has 2 aromatic rings. The number of ether oxygens (including phenoxy) is 1. The van der Waals surface area contributed by atoms with Gasteiger partial charge in [0.25, 0.3) is 5.91 Å². The van der Waals surface area contributed by atoms with Gasteiger partial charge >= 0.3 is 0 Å². The summed E-state index contributed by atoms with van der Waals surface area (Å²) < 4.78 is 5.22. The van der Waals surface area contributed by atoms with Crippen LogP contribution >= 0.6 is 11.8 Å². The molecule has 28 heavy (non-hydrogen) atoms. The third kappa shape index (κ3) is 4.14. The zero-order valence-electron chi connectivity index (χ0n) is 16.0. The van der Waals surface area contributed by atoms with Gasteiger partial charge in [-0.1, -0.05) is 43.5 Å². The fraction of sp³-hybridized carbons (Fsp3) is 0.304. The van der Waals surface area contributed by atoms with Gasteiger partial charge in [0.1, 0.15) is 5.75 Å². The quantitative estimate of drug-likeness (QED) is 0.606. The second-order valence-corrected chi connectivity index (χ2v) is 8.11. The summed E-state index contributed by atoms with van der Waals surface area (Å²) >= 11 is 1.48. The maximum absolute atomic E-state index is 13.2. The maximum Gasteiger partial charge on any atom is 0.271 e. The number of rotatable bonds is 4.